The first-order valence-electron chi connectivity index (χ1n) is 7.33. The van der Waals surface area contributed by atoms with Crippen LogP contribution in [0.15, 0.2) is 66.9 Å². The summed E-state index contributed by atoms with van der Waals surface area (Å²) in [6.07, 6.45) is 1.49. The molecular weight excluding hydrogens is 324 g/mol. The quantitative estimate of drug-likeness (QED) is 0.752. The first-order chi connectivity index (χ1) is 11.7. The van der Waals surface area contributed by atoms with E-state index in [1.54, 1.807) is 31.4 Å². The van der Waals surface area contributed by atoms with Gasteiger partial charge in [-0.15, -0.1) is 0 Å². The molecule has 0 fully saturated rings. The lowest BCUT2D eigenvalue weighted by atomic mass is 10.0. The summed E-state index contributed by atoms with van der Waals surface area (Å²) < 4.78 is 5.15. The van der Waals surface area contributed by atoms with Crippen LogP contribution in [0.25, 0.3) is 11.1 Å². The Hall–Kier alpha value is -2.85. The van der Waals surface area contributed by atoms with Gasteiger partial charge in [-0.3, -0.25) is 4.79 Å². The van der Waals surface area contributed by atoms with Gasteiger partial charge in [0.15, 0.2) is 0 Å². The smallest absolute Gasteiger partial charge is 0.256 e. The molecule has 0 aliphatic heterocycles. The van der Waals surface area contributed by atoms with Gasteiger partial charge < -0.3 is 10.1 Å². The molecule has 0 bridgehead atoms. The van der Waals surface area contributed by atoms with Gasteiger partial charge in [0.05, 0.1) is 12.1 Å². The maximum absolute atomic E-state index is 12.2. The van der Waals surface area contributed by atoms with Crippen molar-refractivity contribution in [3.05, 3.63) is 77.4 Å². The number of nitrogens with one attached hydrogen (secondary N) is 1. The minimum Gasteiger partial charge on any atom is -0.497 e. The van der Waals surface area contributed by atoms with Gasteiger partial charge in [0.25, 0.3) is 5.91 Å². The first-order valence-corrected chi connectivity index (χ1v) is 7.71. The molecule has 0 radical (unpaired) electrons. The highest BCUT2D eigenvalue weighted by Gasteiger charge is 2.07. The van der Waals surface area contributed by atoms with Crippen LogP contribution in [-0.4, -0.2) is 18.0 Å². The average molecular weight is 339 g/mol. The molecule has 0 aliphatic carbocycles. The Kier molecular flexibility index (Phi) is 4.77. The van der Waals surface area contributed by atoms with Crippen molar-refractivity contribution in [1.82, 2.24) is 4.98 Å². The number of anilines is 1. The van der Waals surface area contributed by atoms with E-state index in [4.69, 9.17) is 16.3 Å². The third kappa shape index (κ3) is 3.73. The zero-order chi connectivity index (χ0) is 16.9. The molecule has 3 aromatic rings. The lowest BCUT2D eigenvalue weighted by Crippen LogP contribution is -2.12. The molecular formula is C19H15ClN2O2. The molecule has 0 spiro atoms. The Morgan fingerprint density at radius 2 is 1.58 bits per heavy atom. The van der Waals surface area contributed by atoms with E-state index in [1.807, 2.05) is 36.4 Å². The van der Waals surface area contributed by atoms with Gasteiger partial charge in [0.2, 0.25) is 0 Å². The fourth-order valence-corrected chi connectivity index (χ4v) is 2.35. The second kappa shape index (κ2) is 7.15. The number of carbonyl (C=O) groups is 1. The van der Waals surface area contributed by atoms with Crippen LogP contribution in [0.3, 0.4) is 0 Å². The number of aromatic nitrogens is 1. The zero-order valence-electron chi connectivity index (χ0n) is 13.0. The number of methoxy groups -OCH3 is 1. The minimum atomic E-state index is -0.217. The molecule has 1 N–H and O–H groups in total. The molecule has 0 atom stereocenters. The molecule has 2 aromatic carbocycles. The van der Waals surface area contributed by atoms with Gasteiger partial charge >= 0.3 is 0 Å². The summed E-state index contributed by atoms with van der Waals surface area (Å²) in [6, 6.07) is 18.5. The van der Waals surface area contributed by atoms with E-state index in [1.165, 1.54) is 6.20 Å². The number of pyridine rings is 1. The predicted molar refractivity (Wildman–Crippen MR) is 95.6 cm³/mol. The standard InChI is InChI=1S/C19H15ClN2O2/c1-24-17-9-6-14(7-10-17)13-2-4-15(5-3-13)19(23)22-18-11-8-16(20)12-21-18/h2-12H,1H3,(H,21,22,23). The van der Waals surface area contributed by atoms with Crippen molar-refractivity contribution in [2.24, 2.45) is 0 Å². The molecule has 1 amide bonds. The summed E-state index contributed by atoms with van der Waals surface area (Å²) in [5.41, 5.74) is 2.64. The fraction of sp³-hybridized carbons (Fsp3) is 0.0526. The number of hydrogen-bond donors (Lipinski definition) is 1. The summed E-state index contributed by atoms with van der Waals surface area (Å²) in [4.78, 5) is 16.3. The Bertz CT molecular complexity index is 829. The molecule has 0 saturated carbocycles. The van der Waals surface area contributed by atoms with Crippen LogP contribution in [0.1, 0.15) is 10.4 Å². The summed E-state index contributed by atoms with van der Waals surface area (Å²) in [7, 11) is 1.64. The zero-order valence-corrected chi connectivity index (χ0v) is 13.7. The van der Waals surface area contributed by atoms with Gasteiger partial charge in [-0.25, -0.2) is 4.98 Å². The Morgan fingerprint density at radius 3 is 2.12 bits per heavy atom. The van der Waals surface area contributed by atoms with Crippen LogP contribution in [-0.2, 0) is 0 Å². The molecule has 0 unspecified atom stereocenters. The van der Waals surface area contributed by atoms with Crippen LogP contribution < -0.4 is 10.1 Å². The predicted octanol–water partition coefficient (Wildman–Crippen LogP) is 4.66. The monoisotopic (exact) mass is 338 g/mol. The molecule has 4 nitrogen and oxygen atoms in total. The van der Waals surface area contributed by atoms with Crippen molar-refractivity contribution in [1.29, 1.82) is 0 Å². The maximum atomic E-state index is 12.2. The highest BCUT2D eigenvalue weighted by Crippen LogP contribution is 2.23. The number of halogens is 1. The molecule has 1 aromatic heterocycles. The van der Waals surface area contributed by atoms with Crippen molar-refractivity contribution >= 4 is 23.3 Å². The van der Waals surface area contributed by atoms with E-state index in [2.05, 4.69) is 10.3 Å². The van der Waals surface area contributed by atoms with E-state index in [0.717, 1.165) is 16.9 Å². The van der Waals surface area contributed by atoms with Crippen LogP contribution in [0, 0.1) is 0 Å². The van der Waals surface area contributed by atoms with E-state index >= 15 is 0 Å². The molecule has 5 heteroatoms. The first kappa shape index (κ1) is 16.0. The lowest BCUT2D eigenvalue weighted by molar-refractivity contribution is 0.102. The summed E-state index contributed by atoms with van der Waals surface area (Å²) >= 11 is 5.78. The number of benzene rings is 2. The van der Waals surface area contributed by atoms with Crippen molar-refractivity contribution in [3.8, 4) is 16.9 Å². The maximum Gasteiger partial charge on any atom is 0.256 e. The van der Waals surface area contributed by atoms with Crippen LogP contribution >= 0.6 is 11.6 Å². The van der Waals surface area contributed by atoms with Gasteiger partial charge in [-0.05, 0) is 47.5 Å². The Morgan fingerprint density at radius 1 is 0.958 bits per heavy atom. The highest BCUT2D eigenvalue weighted by atomic mass is 35.5. The normalized spacial score (nSPS) is 10.2. The highest BCUT2D eigenvalue weighted by molar-refractivity contribution is 6.30. The molecule has 1 heterocycles. The van der Waals surface area contributed by atoms with E-state index in [-0.39, 0.29) is 5.91 Å². The summed E-state index contributed by atoms with van der Waals surface area (Å²) in [5, 5.41) is 3.26. The average Bonchev–Trinajstić information content (AvgIpc) is 2.64. The van der Waals surface area contributed by atoms with Gasteiger partial charge in [0.1, 0.15) is 11.6 Å². The largest absolute Gasteiger partial charge is 0.497 e. The third-order valence-corrected chi connectivity index (χ3v) is 3.76. The summed E-state index contributed by atoms with van der Waals surface area (Å²) in [5.74, 6) is 1.06. The number of rotatable bonds is 4. The minimum absolute atomic E-state index is 0.217. The Labute approximate surface area is 145 Å². The molecule has 0 aliphatic rings. The van der Waals surface area contributed by atoms with Crippen molar-refractivity contribution < 1.29 is 9.53 Å². The van der Waals surface area contributed by atoms with Crippen molar-refractivity contribution in [3.63, 3.8) is 0 Å². The molecule has 24 heavy (non-hydrogen) atoms. The Balaban J connectivity index is 1.73. The van der Waals surface area contributed by atoms with Gasteiger partial charge in [-0.2, -0.15) is 0 Å². The number of ether oxygens (including phenoxy) is 1. The summed E-state index contributed by atoms with van der Waals surface area (Å²) in [6.45, 7) is 0. The number of nitrogens with zero attached hydrogens (tertiary/aromatic N) is 1. The van der Waals surface area contributed by atoms with Crippen LogP contribution in [0.2, 0.25) is 5.02 Å². The fourth-order valence-electron chi connectivity index (χ4n) is 2.24. The number of amides is 1. The van der Waals surface area contributed by atoms with Gasteiger partial charge in [0, 0.05) is 11.8 Å². The van der Waals surface area contributed by atoms with Crippen LogP contribution in [0.5, 0.6) is 5.75 Å². The van der Waals surface area contributed by atoms with Crippen LogP contribution in [0.4, 0.5) is 5.82 Å². The topological polar surface area (TPSA) is 51.2 Å². The van der Waals surface area contributed by atoms with E-state index < -0.39 is 0 Å². The second-order valence-electron chi connectivity index (χ2n) is 5.12. The van der Waals surface area contributed by atoms with Crippen molar-refractivity contribution in [2.75, 3.05) is 12.4 Å². The SMILES string of the molecule is COc1ccc(-c2ccc(C(=O)Nc3ccc(Cl)cn3)cc2)cc1. The van der Waals surface area contributed by atoms with Gasteiger partial charge in [-0.1, -0.05) is 35.9 Å². The van der Waals surface area contributed by atoms with E-state index in [0.29, 0.717) is 16.4 Å². The second-order valence-corrected chi connectivity index (χ2v) is 5.56. The van der Waals surface area contributed by atoms with Crippen molar-refractivity contribution in [2.45, 2.75) is 0 Å². The molecule has 3 rings (SSSR count). The number of carbonyl (C=O) groups excluding carboxylic acids is 1. The molecule has 120 valence electrons. The lowest BCUT2D eigenvalue weighted by Gasteiger charge is -2.07. The number of hydrogen-bond acceptors (Lipinski definition) is 3. The third-order valence-electron chi connectivity index (χ3n) is 3.54. The van der Waals surface area contributed by atoms with E-state index in [9.17, 15) is 4.79 Å². The molecule has 0 saturated heterocycles.